The predicted molar refractivity (Wildman–Crippen MR) is 125 cm³/mol. The average Bonchev–Trinajstić information content (AvgIpc) is 2.69. The molecule has 0 aliphatic heterocycles. The lowest BCUT2D eigenvalue weighted by atomic mass is 9.85. The summed E-state index contributed by atoms with van der Waals surface area (Å²) in [6.45, 7) is 4.83. The lowest BCUT2D eigenvalue weighted by Crippen LogP contribution is -2.28. The van der Waals surface area contributed by atoms with Crippen LogP contribution < -0.4 is 0 Å². The second kappa shape index (κ2) is 21.6. The Balaban J connectivity index is 3.94. The van der Waals surface area contributed by atoms with Crippen LogP contribution in [0.5, 0.6) is 0 Å². The summed E-state index contributed by atoms with van der Waals surface area (Å²) in [5, 5.41) is 20.2. The van der Waals surface area contributed by atoms with Crippen molar-refractivity contribution in [3.8, 4) is 0 Å². The summed E-state index contributed by atoms with van der Waals surface area (Å²) < 4.78 is 0. The van der Waals surface area contributed by atoms with Gasteiger partial charge in [-0.25, -0.2) is 0 Å². The van der Waals surface area contributed by atoms with Crippen molar-refractivity contribution < 1.29 is 10.2 Å². The van der Waals surface area contributed by atoms with E-state index in [0.717, 1.165) is 38.5 Å². The van der Waals surface area contributed by atoms with E-state index >= 15 is 0 Å². The first-order valence-corrected chi connectivity index (χ1v) is 13.0. The lowest BCUT2D eigenvalue weighted by molar-refractivity contribution is 0.00682. The van der Waals surface area contributed by atoms with Gasteiger partial charge in [0, 0.05) is 6.61 Å². The lowest BCUT2D eigenvalue weighted by Gasteiger charge is -2.28. The molecule has 28 heavy (non-hydrogen) atoms. The monoisotopic (exact) mass is 398 g/mol. The Hall–Kier alpha value is -0.0800. The van der Waals surface area contributed by atoms with Crippen LogP contribution in [0.25, 0.3) is 0 Å². The summed E-state index contributed by atoms with van der Waals surface area (Å²) in [7, 11) is 0. The second-order valence-corrected chi connectivity index (χ2v) is 9.21. The minimum absolute atomic E-state index is 0.286. The maximum atomic E-state index is 11.2. The van der Waals surface area contributed by atoms with E-state index in [-0.39, 0.29) is 6.61 Å². The molecule has 0 saturated carbocycles. The highest BCUT2D eigenvalue weighted by Crippen LogP contribution is 2.29. The first kappa shape index (κ1) is 27.9. The van der Waals surface area contributed by atoms with Crippen LogP contribution in [0.1, 0.15) is 155 Å². The Labute approximate surface area is 177 Å². The number of rotatable bonds is 23. The SMILES string of the molecule is CCCCCCCCCCC(O)(CCCCCO)CCCCCCCCCC. The Morgan fingerprint density at radius 1 is 0.429 bits per heavy atom. The standard InChI is InChI=1S/C26H54O2/c1-3-5-7-9-11-13-15-18-22-26(28,24-20-17-21-25-27)23-19-16-14-12-10-8-6-4-2/h27-28H,3-25H2,1-2H3. The van der Waals surface area contributed by atoms with Gasteiger partial charge < -0.3 is 10.2 Å². The molecule has 0 aromatic carbocycles. The number of aliphatic hydroxyl groups is 2. The molecule has 0 amide bonds. The molecular weight excluding hydrogens is 344 g/mol. The molecule has 0 saturated heterocycles. The summed E-state index contributed by atoms with van der Waals surface area (Å²) in [5.41, 5.74) is -0.445. The van der Waals surface area contributed by atoms with E-state index in [0.29, 0.717) is 0 Å². The third-order valence-corrected chi connectivity index (χ3v) is 6.29. The third kappa shape index (κ3) is 19.2. The fraction of sp³-hybridized carbons (Fsp3) is 1.00. The van der Waals surface area contributed by atoms with Gasteiger partial charge in [0.05, 0.1) is 5.60 Å². The number of hydrogen-bond donors (Lipinski definition) is 2. The summed E-state index contributed by atoms with van der Waals surface area (Å²) >= 11 is 0. The van der Waals surface area contributed by atoms with Crippen LogP contribution in [-0.4, -0.2) is 22.4 Å². The van der Waals surface area contributed by atoms with Gasteiger partial charge in [-0.2, -0.15) is 0 Å². The molecule has 0 aliphatic rings. The molecule has 0 heterocycles. The summed E-state index contributed by atoms with van der Waals surface area (Å²) in [5.74, 6) is 0. The molecule has 2 heteroatoms. The zero-order chi connectivity index (χ0) is 20.8. The Morgan fingerprint density at radius 3 is 1.04 bits per heavy atom. The molecule has 0 radical (unpaired) electrons. The highest BCUT2D eigenvalue weighted by Gasteiger charge is 2.25. The van der Waals surface area contributed by atoms with Crippen LogP contribution in [0.3, 0.4) is 0 Å². The van der Waals surface area contributed by atoms with Crippen LogP contribution in [0.2, 0.25) is 0 Å². The van der Waals surface area contributed by atoms with Crippen molar-refractivity contribution >= 4 is 0 Å². The van der Waals surface area contributed by atoms with E-state index in [1.165, 1.54) is 103 Å². The van der Waals surface area contributed by atoms with E-state index < -0.39 is 5.60 Å². The van der Waals surface area contributed by atoms with Crippen molar-refractivity contribution in [2.45, 2.75) is 161 Å². The van der Waals surface area contributed by atoms with Gasteiger partial charge in [-0.05, 0) is 25.7 Å². The predicted octanol–water partition coefficient (Wildman–Crippen LogP) is 8.33. The zero-order valence-electron chi connectivity index (χ0n) is 19.7. The first-order valence-electron chi connectivity index (χ1n) is 13.0. The van der Waals surface area contributed by atoms with E-state index in [4.69, 9.17) is 5.11 Å². The van der Waals surface area contributed by atoms with Gasteiger partial charge >= 0.3 is 0 Å². The highest BCUT2D eigenvalue weighted by molar-refractivity contribution is 4.78. The average molecular weight is 399 g/mol. The van der Waals surface area contributed by atoms with Crippen molar-refractivity contribution in [2.24, 2.45) is 0 Å². The van der Waals surface area contributed by atoms with Gasteiger partial charge in [0.2, 0.25) is 0 Å². The minimum atomic E-state index is -0.445. The van der Waals surface area contributed by atoms with Crippen LogP contribution in [-0.2, 0) is 0 Å². The van der Waals surface area contributed by atoms with Crippen molar-refractivity contribution in [1.82, 2.24) is 0 Å². The molecule has 2 nitrogen and oxygen atoms in total. The molecule has 0 rings (SSSR count). The Bertz CT molecular complexity index is 270. The number of aliphatic hydroxyl groups excluding tert-OH is 1. The Morgan fingerprint density at radius 2 is 0.714 bits per heavy atom. The van der Waals surface area contributed by atoms with E-state index in [1.807, 2.05) is 0 Å². The molecule has 0 fully saturated rings. The van der Waals surface area contributed by atoms with E-state index in [1.54, 1.807) is 0 Å². The summed E-state index contributed by atoms with van der Waals surface area (Å²) in [6.07, 6.45) is 27.2. The molecule has 0 aromatic rings. The molecule has 0 aliphatic carbocycles. The van der Waals surface area contributed by atoms with E-state index in [2.05, 4.69) is 13.8 Å². The van der Waals surface area contributed by atoms with E-state index in [9.17, 15) is 5.11 Å². The van der Waals surface area contributed by atoms with Crippen molar-refractivity contribution in [3.63, 3.8) is 0 Å². The zero-order valence-corrected chi connectivity index (χ0v) is 19.7. The van der Waals surface area contributed by atoms with Crippen LogP contribution in [0, 0.1) is 0 Å². The third-order valence-electron chi connectivity index (χ3n) is 6.29. The fourth-order valence-electron chi connectivity index (χ4n) is 4.29. The maximum absolute atomic E-state index is 11.2. The van der Waals surface area contributed by atoms with Crippen LogP contribution in [0.4, 0.5) is 0 Å². The van der Waals surface area contributed by atoms with Crippen molar-refractivity contribution in [1.29, 1.82) is 0 Å². The second-order valence-electron chi connectivity index (χ2n) is 9.21. The number of unbranched alkanes of at least 4 members (excludes halogenated alkanes) is 16. The van der Waals surface area contributed by atoms with Crippen molar-refractivity contribution in [3.05, 3.63) is 0 Å². The molecule has 0 unspecified atom stereocenters. The quantitative estimate of drug-likeness (QED) is 0.170. The molecular formula is C26H54O2. The van der Waals surface area contributed by atoms with Crippen LogP contribution in [0.15, 0.2) is 0 Å². The molecule has 170 valence electrons. The van der Waals surface area contributed by atoms with Gasteiger partial charge in [-0.3, -0.25) is 0 Å². The molecule has 0 spiro atoms. The fourth-order valence-corrected chi connectivity index (χ4v) is 4.29. The van der Waals surface area contributed by atoms with Gasteiger partial charge in [0.1, 0.15) is 0 Å². The largest absolute Gasteiger partial charge is 0.396 e. The first-order chi connectivity index (χ1) is 13.7. The number of hydrogen-bond acceptors (Lipinski definition) is 2. The van der Waals surface area contributed by atoms with Gasteiger partial charge in [0.15, 0.2) is 0 Å². The van der Waals surface area contributed by atoms with Gasteiger partial charge in [-0.1, -0.05) is 129 Å². The van der Waals surface area contributed by atoms with Gasteiger partial charge in [0.25, 0.3) is 0 Å². The summed E-state index contributed by atoms with van der Waals surface area (Å²) in [6, 6.07) is 0. The van der Waals surface area contributed by atoms with Crippen molar-refractivity contribution in [2.75, 3.05) is 6.61 Å². The smallest absolute Gasteiger partial charge is 0.0647 e. The topological polar surface area (TPSA) is 40.5 Å². The molecule has 0 bridgehead atoms. The highest BCUT2D eigenvalue weighted by atomic mass is 16.3. The summed E-state index contributed by atoms with van der Waals surface area (Å²) in [4.78, 5) is 0. The minimum Gasteiger partial charge on any atom is -0.396 e. The van der Waals surface area contributed by atoms with Gasteiger partial charge in [-0.15, -0.1) is 0 Å². The molecule has 0 atom stereocenters. The molecule has 2 N–H and O–H groups in total. The molecule has 0 aromatic heterocycles. The van der Waals surface area contributed by atoms with Crippen LogP contribution >= 0.6 is 0 Å². The normalized spacial score (nSPS) is 12.0. The Kier molecular flexibility index (Phi) is 21.6. The maximum Gasteiger partial charge on any atom is 0.0647 e.